The number of ether oxygens (including phenoxy) is 3. The van der Waals surface area contributed by atoms with Crippen LogP contribution in [0.4, 0.5) is 0 Å². The highest BCUT2D eigenvalue weighted by molar-refractivity contribution is 4.79. The normalized spacial score (nSPS) is 19.8. The van der Waals surface area contributed by atoms with Crippen LogP contribution in [0.15, 0.2) is 0 Å². The van der Waals surface area contributed by atoms with Crippen molar-refractivity contribution in [1.82, 2.24) is 0 Å². The molecule has 0 spiro atoms. The fourth-order valence-corrected chi connectivity index (χ4v) is 1.97. The molecule has 0 saturated carbocycles. The zero-order valence-electron chi connectivity index (χ0n) is 15.7. The van der Waals surface area contributed by atoms with E-state index in [0.29, 0.717) is 45.6 Å². The molecule has 4 unspecified atom stereocenters. The predicted octanol–water partition coefficient (Wildman–Crippen LogP) is 1.11. The summed E-state index contributed by atoms with van der Waals surface area (Å²) in [6.45, 7) is 13.5. The standard InChI is InChI=1S/C17H39N3O3/c1-6-17(11-22-8-14(3)18,12-23-9-15(4)19)10-21-7-13(2)16(5)20/h13-16H,6-12,18-20H2,1-5H3. The lowest BCUT2D eigenvalue weighted by Crippen LogP contribution is -2.40. The van der Waals surface area contributed by atoms with Crippen molar-refractivity contribution in [3.8, 4) is 0 Å². The molecule has 0 heterocycles. The van der Waals surface area contributed by atoms with Crippen LogP contribution < -0.4 is 17.2 Å². The van der Waals surface area contributed by atoms with E-state index < -0.39 is 0 Å². The van der Waals surface area contributed by atoms with Gasteiger partial charge in [0.25, 0.3) is 0 Å². The van der Waals surface area contributed by atoms with Gasteiger partial charge >= 0.3 is 0 Å². The van der Waals surface area contributed by atoms with Gasteiger partial charge in [-0.1, -0.05) is 13.8 Å². The predicted molar refractivity (Wildman–Crippen MR) is 95.3 cm³/mol. The molecule has 23 heavy (non-hydrogen) atoms. The summed E-state index contributed by atoms with van der Waals surface area (Å²) >= 11 is 0. The fourth-order valence-electron chi connectivity index (χ4n) is 1.97. The quantitative estimate of drug-likeness (QED) is 0.440. The Kier molecular flexibility index (Phi) is 12.0. The molecule has 6 N–H and O–H groups in total. The average Bonchev–Trinajstić information content (AvgIpc) is 2.45. The van der Waals surface area contributed by atoms with Gasteiger partial charge in [-0.25, -0.2) is 0 Å². The second kappa shape index (κ2) is 12.2. The van der Waals surface area contributed by atoms with Crippen molar-refractivity contribution in [2.75, 3.05) is 39.6 Å². The molecule has 0 aromatic heterocycles. The zero-order valence-corrected chi connectivity index (χ0v) is 15.7. The van der Waals surface area contributed by atoms with Crippen LogP contribution in [0.5, 0.6) is 0 Å². The summed E-state index contributed by atoms with van der Waals surface area (Å²) in [7, 11) is 0. The van der Waals surface area contributed by atoms with Gasteiger partial charge in [0.05, 0.1) is 39.6 Å². The smallest absolute Gasteiger partial charge is 0.0615 e. The molecule has 0 aliphatic carbocycles. The Bertz CT molecular complexity index is 272. The van der Waals surface area contributed by atoms with Crippen molar-refractivity contribution in [2.45, 2.75) is 59.2 Å². The van der Waals surface area contributed by atoms with Gasteiger partial charge in [0.2, 0.25) is 0 Å². The van der Waals surface area contributed by atoms with Crippen LogP contribution in [0.3, 0.4) is 0 Å². The van der Waals surface area contributed by atoms with E-state index in [0.717, 1.165) is 6.42 Å². The van der Waals surface area contributed by atoms with E-state index >= 15 is 0 Å². The Morgan fingerprint density at radius 3 is 1.43 bits per heavy atom. The van der Waals surface area contributed by atoms with Crippen LogP contribution >= 0.6 is 0 Å². The topological polar surface area (TPSA) is 106 Å². The minimum atomic E-state index is -0.179. The van der Waals surface area contributed by atoms with Gasteiger partial charge in [-0.15, -0.1) is 0 Å². The molecule has 0 fully saturated rings. The first kappa shape index (κ1) is 22.8. The SMILES string of the molecule is CCC(COCC(C)N)(COCC(C)N)COCC(C)C(C)N. The van der Waals surface area contributed by atoms with Crippen LogP contribution in [-0.4, -0.2) is 57.8 Å². The summed E-state index contributed by atoms with van der Waals surface area (Å²) in [5.74, 6) is 0.319. The maximum atomic E-state index is 5.93. The average molecular weight is 334 g/mol. The molecule has 6 heteroatoms. The van der Waals surface area contributed by atoms with E-state index in [-0.39, 0.29) is 23.5 Å². The van der Waals surface area contributed by atoms with E-state index in [1.165, 1.54) is 0 Å². The van der Waals surface area contributed by atoms with Crippen LogP contribution in [0, 0.1) is 11.3 Å². The van der Waals surface area contributed by atoms with Crippen molar-refractivity contribution in [1.29, 1.82) is 0 Å². The molecule has 0 aliphatic heterocycles. The third-order valence-electron chi connectivity index (χ3n) is 4.01. The first-order valence-corrected chi connectivity index (χ1v) is 8.72. The minimum absolute atomic E-state index is 0.0218. The molecule has 0 radical (unpaired) electrons. The van der Waals surface area contributed by atoms with Crippen LogP contribution in [0.2, 0.25) is 0 Å². The van der Waals surface area contributed by atoms with Crippen LogP contribution in [-0.2, 0) is 14.2 Å². The van der Waals surface area contributed by atoms with E-state index in [9.17, 15) is 0 Å². The lowest BCUT2D eigenvalue weighted by Gasteiger charge is -2.33. The van der Waals surface area contributed by atoms with E-state index in [2.05, 4.69) is 13.8 Å². The Morgan fingerprint density at radius 2 is 1.13 bits per heavy atom. The van der Waals surface area contributed by atoms with Crippen molar-refractivity contribution in [3.63, 3.8) is 0 Å². The van der Waals surface area contributed by atoms with Gasteiger partial charge in [-0.05, 0) is 33.1 Å². The molecule has 6 nitrogen and oxygen atoms in total. The lowest BCUT2D eigenvalue weighted by molar-refractivity contribution is -0.0784. The highest BCUT2D eigenvalue weighted by Crippen LogP contribution is 2.24. The number of nitrogens with two attached hydrogens (primary N) is 3. The molecule has 140 valence electrons. The maximum Gasteiger partial charge on any atom is 0.0615 e. The van der Waals surface area contributed by atoms with E-state index in [4.69, 9.17) is 31.4 Å². The minimum Gasteiger partial charge on any atom is -0.380 e. The van der Waals surface area contributed by atoms with E-state index in [1.54, 1.807) is 0 Å². The van der Waals surface area contributed by atoms with Gasteiger partial charge < -0.3 is 31.4 Å². The number of hydrogen-bond acceptors (Lipinski definition) is 6. The second-order valence-corrected chi connectivity index (χ2v) is 7.19. The Balaban J connectivity index is 4.53. The molecular formula is C17H39N3O3. The van der Waals surface area contributed by atoms with Crippen molar-refractivity contribution < 1.29 is 14.2 Å². The third kappa shape index (κ3) is 11.0. The maximum absolute atomic E-state index is 5.93. The second-order valence-electron chi connectivity index (χ2n) is 7.19. The number of rotatable bonds is 14. The summed E-state index contributed by atoms with van der Waals surface area (Å²) in [5.41, 5.74) is 17.2. The molecule has 0 aromatic carbocycles. The largest absolute Gasteiger partial charge is 0.380 e. The van der Waals surface area contributed by atoms with Gasteiger partial charge in [0.15, 0.2) is 0 Å². The van der Waals surface area contributed by atoms with Gasteiger partial charge in [-0.3, -0.25) is 0 Å². The third-order valence-corrected chi connectivity index (χ3v) is 4.01. The first-order valence-electron chi connectivity index (χ1n) is 8.72. The highest BCUT2D eigenvalue weighted by Gasteiger charge is 2.30. The van der Waals surface area contributed by atoms with Crippen molar-refractivity contribution in [3.05, 3.63) is 0 Å². The number of hydrogen-bond donors (Lipinski definition) is 3. The first-order chi connectivity index (χ1) is 10.7. The summed E-state index contributed by atoms with van der Waals surface area (Å²) in [6, 6.07) is 0.164. The summed E-state index contributed by atoms with van der Waals surface area (Å²) in [6.07, 6.45) is 0.900. The lowest BCUT2D eigenvalue weighted by atomic mass is 9.88. The molecule has 0 saturated heterocycles. The highest BCUT2D eigenvalue weighted by atomic mass is 16.5. The van der Waals surface area contributed by atoms with Gasteiger partial charge in [0.1, 0.15) is 0 Å². The Morgan fingerprint density at radius 1 is 0.739 bits per heavy atom. The molecule has 0 aromatic rings. The van der Waals surface area contributed by atoms with Gasteiger partial charge in [-0.2, -0.15) is 0 Å². The van der Waals surface area contributed by atoms with Gasteiger partial charge in [0, 0.05) is 23.5 Å². The van der Waals surface area contributed by atoms with Crippen LogP contribution in [0.25, 0.3) is 0 Å². The molecule has 0 bridgehead atoms. The monoisotopic (exact) mass is 333 g/mol. The summed E-state index contributed by atoms with van der Waals surface area (Å²) in [4.78, 5) is 0. The van der Waals surface area contributed by atoms with Crippen LogP contribution in [0.1, 0.15) is 41.0 Å². The van der Waals surface area contributed by atoms with Crippen molar-refractivity contribution >= 4 is 0 Å². The van der Waals surface area contributed by atoms with E-state index in [1.807, 2.05) is 20.8 Å². The summed E-state index contributed by atoms with van der Waals surface area (Å²) in [5, 5.41) is 0. The fraction of sp³-hybridized carbons (Fsp3) is 1.00. The van der Waals surface area contributed by atoms with Crippen molar-refractivity contribution in [2.24, 2.45) is 28.5 Å². The summed E-state index contributed by atoms with van der Waals surface area (Å²) < 4.78 is 17.5. The molecular weight excluding hydrogens is 294 g/mol. The molecule has 0 rings (SSSR count). The molecule has 0 aliphatic rings. The molecule has 0 amide bonds. The zero-order chi connectivity index (χ0) is 17.9. The Labute approximate surface area is 142 Å². The Hall–Kier alpha value is -0.240. The molecule has 4 atom stereocenters.